The molecule has 0 heterocycles. The highest BCUT2D eigenvalue weighted by Gasteiger charge is 2.00. The van der Waals surface area contributed by atoms with Gasteiger partial charge in [0.2, 0.25) is 5.91 Å². The molecule has 0 unspecified atom stereocenters. The molecule has 84 valence electrons. The average Bonchev–Trinajstić information content (AvgIpc) is 2.24. The summed E-state index contributed by atoms with van der Waals surface area (Å²) in [6.07, 6.45) is 6.74. The number of amides is 1. The van der Waals surface area contributed by atoms with Gasteiger partial charge in [-0.25, -0.2) is 0 Å². The van der Waals surface area contributed by atoms with E-state index >= 15 is 0 Å². The normalized spacial score (nSPS) is 11.1. The highest BCUT2D eigenvalue weighted by Crippen LogP contribution is 2.19. The fraction of sp³-hybridized carbons (Fsp3) is 0.154. The molecular formula is C13H15NO2. The summed E-state index contributed by atoms with van der Waals surface area (Å²) in [5.41, 5.74) is 1.40. The van der Waals surface area contributed by atoms with Gasteiger partial charge >= 0.3 is 0 Å². The number of anilines is 1. The third-order valence-electron chi connectivity index (χ3n) is 2.02. The van der Waals surface area contributed by atoms with Crippen molar-refractivity contribution < 1.29 is 9.90 Å². The molecule has 1 aromatic rings. The average molecular weight is 217 g/mol. The zero-order valence-electron chi connectivity index (χ0n) is 9.40. The predicted molar refractivity (Wildman–Crippen MR) is 65.4 cm³/mol. The lowest BCUT2D eigenvalue weighted by Crippen LogP contribution is -2.07. The van der Waals surface area contributed by atoms with E-state index < -0.39 is 0 Å². The van der Waals surface area contributed by atoms with Gasteiger partial charge in [-0.05, 0) is 37.6 Å². The number of allylic oxidation sites excluding steroid dienone is 3. The molecule has 0 radical (unpaired) electrons. The Labute approximate surface area is 95.1 Å². The highest BCUT2D eigenvalue weighted by atomic mass is 16.3. The molecule has 0 saturated carbocycles. The molecule has 3 heteroatoms. The monoisotopic (exact) mass is 217 g/mol. The van der Waals surface area contributed by atoms with E-state index in [-0.39, 0.29) is 11.7 Å². The van der Waals surface area contributed by atoms with Gasteiger partial charge in [0.1, 0.15) is 5.75 Å². The van der Waals surface area contributed by atoms with Crippen molar-refractivity contribution in [2.75, 3.05) is 5.32 Å². The minimum Gasteiger partial charge on any atom is -0.508 e. The minimum absolute atomic E-state index is 0.191. The Morgan fingerprint density at radius 1 is 1.38 bits per heavy atom. The first-order valence-electron chi connectivity index (χ1n) is 5.03. The minimum atomic E-state index is -0.191. The number of carbonyl (C=O) groups excluding carboxylic acids is 1. The molecular weight excluding hydrogens is 202 g/mol. The fourth-order valence-corrected chi connectivity index (χ4v) is 1.17. The summed E-state index contributed by atoms with van der Waals surface area (Å²) in [5.74, 6) is 0.0330. The summed E-state index contributed by atoms with van der Waals surface area (Å²) in [5, 5.41) is 12.0. The number of rotatable bonds is 3. The van der Waals surface area contributed by atoms with Crippen LogP contribution < -0.4 is 5.32 Å². The largest absolute Gasteiger partial charge is 0.508 e. The molecule has 3 nitrogen and oxygen atoms in total. The number of phenolic OH excluding ortho intramolecular Hbond substituents is 1. The zero-order valence-corrected chi connectivity index (χ0v) is 9.40. The molecule has 0 aliphatic heterocycles. The summed E-state index contributed by atoms with van der Waals surface area (Å²) in [7, 11) is 0. The summed E-state index contributed by atoms with van der Waals surface area (Å²) in [6.45, 7) is 3.66. The molecule has 2 N–H and O–H groups in total. The van der Waals surface area contributed by atoms with E-state index in [1.54, 1.807) is 37.3 Å². The topological polar surface area (TPSA) is 49.3 Å². The zero-order chi connectivity index (χ0) is 12.0. The maximum atomic E-state index is 11.4. The third-order valence-corrected chi connectivity index (χ3v) is 2.02. The molecule has 1 rings (SSSR count). The molecule has 0 aliphatic rings. The van der Waals surface area contributed by atoms with Gasteiger partial charge in [-0.2, -0.15) is 0 Å². The molecule has 0 saturated heterocycles. The van der Waals surface area contributed by atoms with Crippen LogP contribution in [0.15, 0.2) is 42.5 Å². The van der Waals surface area contributed by atoms with E-state index in [0.29, 0.717) is 5.69 Å². The van der Waals surface area contributed by atoms with Gasteiger partial charge in [0, 0.05) is 11.8 Å². The number of hydrogen-bond acceptors (Lipinski definition) is 2. The summed E-state index contributed by atoms with van der Waals surface area (Å²) in [6, 6.07) is 4.93. The fourth-order valence-electron chi connectivity index (χ4n) is 1.17. The summed E-state index contributed by atoms with van der Waals surface area (Å²) < 4.78 is 0. The van der Waals surface area contributed by atoms with Gasteiger partial charge in [0.15, 0.2) is 0 Å². The Hall–Kier alpha value is -2.03. The highest BCUT2D eigenvalue weighted by molar-refractivity contribution is 5.99. The van der Waals surface area contributed by atoms with Crippen LogP contribution in [0.3, 0.4) is 0 Å². The maximum Gasteiger partial charge on any atom is 0.248 e. The number of phenols is 1. The second-order valence-corrected chi connectivity index (χ2v) is 3.38. The number of nitrogens with one attached hydrogen (secondary N) is 1. The lowest BCUT2D eigenvalue weighted by Gasteiger charge is -2.04. The first-order chi connectivity index (χ1) is 7.63. The van der Waals surface area contributed by atoms with Crippen LogP contribution in [0, 0.1) is 6.92 Å². The van der Waals surface area contributed by atoms with Crippen molar-refractivity contribution in [2.24, 2.45) is 0 Å². The van der Waals surface area contributed by atoms with Gasteiger partial charge in [-0.15, -0.1) is 0 Å². The number of aromatic hydroxyl groups is 1. The molecule has 0 spiro atoms. The van der Waals surface area contributed by atoms with Gasteiger partial charge in [0.25, 0.3) is 0 Å². The van der Waals surface area contributed by atoms with Crippen LogP contribution in [0.1, 0.15) is 12.5 Å². The van der Waals surface area contributed by atoms with Crippen molar-refractivity contribution in [3.05, 3.63) is 48.1 Å². The molecule has 1 aromatic carbocycles. The quantitative estimate of drug-likeness (QED) is 0.464. The lowest BCUT2D eigenvalue weighted by molar-refractivity contribution is -0.111. The van der Waals surface area contributed by atoms with Crippen LogP contribution in [0.25, 0.3) is 0 Å². The third kappa shape index (κ3) is 3.61. The van der Waals surface area contributed by atoms with Crippen LogP contribution in [-0.2, 0) is 4.79 Å². The Bertz CT molecular complexity index is 434. The smallest absolute Gasteiger partial charge is 0.248 e. The molecule has 0 aliphatic carbocycles. The predicted octanol–water partition coefficient (Wildman–Crippen LogP) is 2.77. The molecule has 0 fully saturated rings. The molecule has 0 atom stereocenters. The van der Waals surface area contributed by atoms with Crippen molar-refractivity contribution in [3.8, 4) is 5.75 Å². The van der Waals surface area contributed by atoms with E-state index in [1.165, 1.54) is 6.08 Å². The van der Waals surface area contributed by atoms with Crippen molar-refractivity contribution in [3.63, 3.8) is 0 Å². The SMILES string of the molecule is C/C=C/C=CC(=O)Nc1ccc(O)c(C)c1. The Morgan fingerprint density at radius 2 is 2.12 bits per heavy atom. The second-order valence-electron chi connectivity index (χ2n) is 3.38. The molecule has 0 bridgehead atoms. The van der Waals surface area contributed by atoms with E-state index in [1.807, 2.05) is 13.0 Å². The van der Waals surface area contributed by atoms with Crippen LogP contribution in [0.2, 0.25) is 0 Å². The molecule has 0 aromatic heterocycles. The summed E-state index contributed by atoms with van der Waals surface area (Å²) in [4.78, 5) is 11.4. The first-order valence-corrected chi connectivity index (χ1v) is 5.03. The van der Waals surface area contributed by atoms with Crippen LogP contribution in [0.4, 0.5) is 5.69 Å². The van der Waals surface area contributed by atoms with Crippen molar-refractivity contribution in [2.45, 2.75) is 13.8 Å². The van der Waals surface area contributed by atoms with Gasteiger partial charge in [0.05, 0.1) is 0 Å². The Balaban J connectivity index is 2.66. The summed E-state index contributed by atoms with van der Waals surface area (Å²) >= 11 is 0. The number of benzene rings is 1. The van der Waals surface area contributed by atoms with E-state index in [0.717, 1.165) is 5.56 Å². The van der Waals surface area contributed by atoms with Crippen LogP contribution >= 0.6 is 0 Å². The number of carbonyl (C=O) groups is 1. The number of aryl methyl sites for hydroxylation is 1. The first kappa shape index (κ1) is 12.0. The van der Waals surface area contributed by atoms with E-state index in [9.17, 15) is 9.90 Å². The second kappa shape index (κ2) is 5.75. The van der Waals surface area contributed by atoms with Gasteiger partial charge in [-0.3, -0.25) is 4.79 Å². The Morgan fingerprint density at radius 3 is 2.75 bits per heavy atom. The molecule has 16 heavy (non-hydrogen) atoms. The van der Waals surface area contributed by atoms with Crippen LogP contribution in [-0.4, -0.2) is 11.0 Å². The van der Waals surface area contributed by atoms with Gasteiger partial charge in [-0.1, -0.05) is 18.2 Å². The van der Waals surface area contributed by atoms with Gasteiger partial charge < -0.3 is 10.4 Å². The maximum absolute atomic E-state index is 11.4. The number of hydrogen-bond donors (Lipinski definition) is 2. The van der Waals surface area contributed by atoms with E-state index in [4.69, 9.17) is 0 Å². The van der Waals surface area contributed by atoms with Crippen molar-refractivity contribution in [1.82, 2.24) is 0 Å². The standard InChI is InChI=1S/C13H15NO2/c1-3-4-5-6-13(16)14-11-7-8-12(15)10(2)9-11/h3-9,15H,1-2H3,(H,14,16)/b4-3+,6-5?. The van der Waals surface area contributed by atoms with Crippen molar-refractivity contribution in [1.29, 1.82) is 0 Å². The Kier molecular flexibility index (Phi) is 4.33. The van der Waals surface area contributed by atoms with Crippen LogP contribution in [0.5, 0.6) is 5.75 Å². The van der Waals surface area contributed by atoms with Crippen molar-refractivity contribution >= 4 is 11.6 Å². The molecule has 1 amide bonds. The lowest BCUT2D eigenvalue weighted by atomic mass is 10.2. The van der Waals surface area contributed by atoms with E-state index in [2.05, 4.69) is 5.32 Å².